The van der Waals surface area contributed by atoms with Gasteiger partial charge in [-0.1, -0.05) is 0 Å². The highest BCUT2D eigenvalue weighted by Gasteiger charge is 2.09. The van der Waals surface area contributed by atoms with Crippen LogP contribution in [0.25, 0.3) is 0 Å². The minimum atomic E-state index is -4.22. The van der Waals surface area contributed by atoms with E-state index in [9.17, 15) is 8.42 Å². The van der Waals surface area contributed by atoms with Gasteiger partial charge >= 0.3 is 10.3 Å². The van der Waals surface area contributed by atoms with Gasteiger partial charge in [0.2, 0.25) is 0 Å². The van der Waals surface area contributed by atoms with Crippen molar-refractivity contribution in [3.63, 3.8) is 0 Å². The molecule has 0 aliphatic rings. The zero-order chi connectivity index (χ0) is 10.9. The summed E-state index contributed by atoms with van der Waals surface area (Å²) in [7, 11) is -4.22. The van der Waals surface area contributed by atoms with Crippen molar-refractivity contribution < 1.29 is 13.0 Å². The van der Waals surface area contributed by atoms with Gasteiger partial charge in [0.05, 0.1) is 5.69 Å². The summed E-state index contributed by atoms with van der Waals surface area (Å²) in [4.78, 5) is 0. The lowest BCUT2D eigenvalue weighted by atomic mass is 10.1. The highest BCUT2D eigenvalue weighted by Crippen LogP contribution is 2.23. The molecule has 0 saturated carbocycles. The van der Waals surface area contributed by atoms with Gasteiger partial charge in [0.1, 0.15) is 0 Å². The molecule has 0 radical (unpaired) electrons. The summed E-state index contributed by atoms with van der Waals surface area (Å²) in [6, 6.07) is 3.08. The molecule has 0 aliphatic heterocycles. The van der Waals surface area contributed by atoms with E-state index in [4.69, 9.17) is 10.3 Å². The van der Waals surface area contributed by atoms with Gasteiger partial charge in [0, 0.05) is 5.69 Å². The lowest BCUT2D eigenvalue weighted by Gasteiger charge is -2.10. The Hall–Kier alpha value is -1.27. The topological polar surface area (TPSA) is 92.4 Å². The molecule has 5 nitrogen and oxygen atoms in total. The van der Waals surface area contributed by atoms with Crippen LogP contribution >= 0.6 is 0 Å². The molecule has 0 amide bonds. The predicted molar refractivity (Wildman–Crippen MR) is 55.5 cm³/mol. The average Bonchev–Trinajstić information content (AvgIpc) is 2.04. The first kappa shape index (κ1) is 10.8. The Bertz CT molecular complexity index is 454. The van der Waals surface area contributed by atoms with E-state index in [0.717, 1.165) is 5.56 Å². The number of nitrogens with one attached hydrogen (secondary N) is 1. The van der Waals surface area contributed by atoms with E-state index >= 15 is 0 Å². The Morgan fingerprint density at radius 2 is 1.86 bits per heavy atom. The summed E-state index contributed by atoms with van der Waals surface area (Å²) in [5.41, 5.74) is 8.02. The highest BCUT2D eigenvalue weighted by atomic mass is 32.2. The Kier molecular flexibility index (Phi) is 2.68. The van der Waals surface area contributed by atoms with E-state index < -0.39 is 10.3 Å². The zero-order valence-electron chi connectivity index (χ0n) is 7.90. The van der Waals surface area contributed by atoms with Crippen molar-refractivity contribution in [1.29, 1.82) is 0 Å². The summed E-state index contributed by atoms with van der Waals surface area (Å²) < 4.78 is 31.7. The first-order valence-electron chi connectivity index (χ1n) is 3.92. The molecule has 0 bridgehead atoms. The van der Waals surface area contributed by atoms with Crippen LogP contribution in [-0.2, 0) is 10.3 Å². The number of hydrogen-bond acceptors (Lipinski definition) is 3. The molecule has 0 heterocycles. The molecule has 1 aromatic carbocycles. The molecule has 0 unspecified atom stereocenters. The van der Waals surface area contributed by atoms with Gasteiger partial charge in [-0.25, -0.2) is 0 Å². The lowest BCUT2D eigenvalue weighted by molar-refractivity contribution is 0.489. The van der Waals surface area contributed by atoms with Crippen molar-refractivity contribution in [1.82, 2.24) is 0 Å². The Balaban J connectivity index is 3.19. The Labute approximate surface area is 82.8 Å². The minimum Gasteiger partial charge on any atom is -0.399 e. The van der Waals surface area contributed by atoms with Crippen LogP contribution < -0.4 is 10.5 Å². The van der Waals surface area contributed by atoms with Crippen molar-refractivity contribution in [3.05, 3.63) is 23.3 Å². The van der Waals surface area contributed by atoms with Crippen molar-refractivity contribution in [2.24, 2.45) is 0 Å². The predicted octanol–water partition coefficient (Wildman–Crippen LogP) is 1.10. The van der Waals surface area contributed by atoms with Crippen molar-refractivity contribution in [3.8, 4) is 0 Å². The first-order chi connectivity index (χ1) is 6.31. The van der Waals surface area contributed by atoms with Crippen molar-refractivity contribution in [2.45, 2.75) is 13.8 Å². The Morgan fingerprint density at radius 1 is 1.29 bits per heavy atom. The molecule has 0 atom stereocenters. The third-order valence-corrected chi connectivity index (χ3v) is 2.55. The number of hydrogen-bond donors (Lipinski definition) is 3. The van der Waals surface area contributed by atoms with E-state index in [2.05, 4.69) is 0 Å². The maximum Gasteiger partial charge on any atom is 0.357 e. The quantitative estimate of drug-likeness (QED) is 0.510. The van der Waals surface area contributed by atoms with E-state index in [-0.39, 0.29) is 0 Å². The molecule has 0 spiro atoms. The summed E-state index contributed by atoms with van der Waals surface area (Å²) in [6.07, 6.45) is 0. The molecule has 0 aliphatic carbocycles. The van der Waals surface area contributed by atoms with E-state index in [1.807, 2.05) is 4.72 Å². The average molecular weight is 216 g/mol. The van der Waals surface area contributed by atoms with Crippen LogP contribution in [0.5, 0.6) is 0 Å². The minimum absolute atomic E-state index is 0.333. The second-order valence-electron chi connectivity index (χ2n) is 3.03. The molecule has 1 rings (SSSR count). The van der Waals surface area contributed by atoms with Crippen LogP contribution in [0.4, 0.5) is 11.4 Å². The third-order valence-electron chi connectivity index (χ3n) is 2.07. The highest BCUT2D eigenvalue weighted by molar-refractivity contribution is 7.87. The van der Waals surface area contributed by atoms with Crippen molar-refractivity contribution in [2.75, 3.05) is 10.5 Å². The summed E-state index contributed by atoms with van der Waals surface area (Å²) >= 11 is 0. The van der Waals surface area contributed by atoms with Gasteiger partial charge in [-0.05, 0) is 37.1 Å². The fourth-order valence-corrected chi connectivity index (χ4v) is 1.59. The van der Waals surface area contributed by atoms with Crippen LogP contribution in [0.3, 0.4) is 0 Å². The number of benzene rings is 1. The van der Waals surface area contributed by atoms with Crippen molar-refractivity contribution >= 4 is 21.7 Å². The maximum atomic E-state index is 10.6. The molecular weight excluding hydrogens is 204 g/mol. The van der Waals surface area contributed by atoms with E-state index in [1.54, 1.807) is 19.9 Å². The third kappa shape index (κ3) is 2.36. The van der Waals surface area contributed by atoms with Gasteiger partial charge in [0.25, 0.3) is 0 Å². The molecule has 6 heteroatoms. The lowest BCUT2D eigenvalue weighted by Crippen LogP contribution is -2.12. The number of anilines is 2. The maximum absolute atomic E-state index is 10.6. The van der Waals surface area contributed by atoms with Crippen LogP contribution in [0, 0.1) is 13.8 Å². The molecule has 1 aromatic rings. The van der Waals surface area contributed by atoms with Gasteiger partial charge in [0.15, 0.2) is 0 Å². The molecule has 4 N–H and O–H groups in total. The molecule has 0 saturated heterocycles. The summed E-state index contributed by atoms with van der Waals surface area (Å²) in [5, 5.41) is 0. The van der Waals surface area contributed by atoms with E-state index in [0.29, 0.717) is 16.9 Å². The number of nitrogens with two attached hydrogens (primary N) is 1. The van der Waals surface area contributed by atoms with Crippen LogP contribution in [-0.4, -0.2) is 13.0 Å². The Morgan fingerprint density at radius 3 is 2.36 bits per heavy atom. The van der Waals surface area contributed by atoms with Gasteiger partial charge in [-0.2, -0.15) is 8.42 Å². The van der Waals surface area contributed by atoms with Gasteiger partial charge in [-0.3, -0.25) is 9.27 Å². The van der Waals surface area contributed by atoms with Gasteiger partial charge < -0.3 is 5.73 Å². The molecule has 78 valence electrons. The van der Waals surface area contributed by atoms with Crippen LogP contribution in [0.1, 0.15) is 11.1 Å². The molecule has 0 aromatic heterocycles. The fourth-order valence-electron chi connectivity index (χ4n) is 1.09. The van der Waals surface area contributed by atoms with E-state index in [1.165, 1.54) is 6.07 Å². The van der Waals surface area contributed by atoms with Gasteiger partial charge in [-0.15, -0.1) is 0 Å². The normalized spacial score (nSPS) is 11.4. The SMILES string of the molecule is Cc1c(N)ccc(NS(=O)(=O)O)c1C. The summed E-state index contributed by atoms with van der Waals surface area (Å²) in [5.74, 6) is 0. The molecular formula is C8H12N2O3S. The fraction of sp³-hybridized carbons (Fsp3) is 0.250. The molecule has 14 heavy (non-hydrogen) atoms. The first-order valence-corrected chi connectivity index (χ1v) is 5.36. The molecule has 0 fully saturated rings. The standard InChI is InChI=1S/C8H12N2O3S/c1-5-6(2)8(4-3-7(5)9)10-14(11,12)13/h3-4,10H,9H2,1-2H3,(H,11,12,13). The smallest absolute Gasteiger partial charge is 0.357 e. The van der Waals surface area contributed by atoms with Crippen LogP contribution in [0.15, 0.2) is 12.1 Å². The summed E-state index contributed by atoms with van der Waals surface area (Å²) in [6.45, 7) is 3.50. The van der Waals surface area contributed by atoms with Crippen LogP contribution in [0.2, 0.25) is 0 Å². The number of nitrogen functional groups attached to an aromatic ring is 1. The zero-order valence-corrected chi connectivity index (χ0v) is 8.72. The largest absolute Gasteiger partial charge is 0.399 e. The monoisotopic (exact) mass is 216 g/mol. The number of rotatable bonds is 2. The second kappa shape index (κ2) is 3.47. The second-order valence-corrected chi connectivity index (χ2v) is 4.18.